The minimum Gasteiger partial charge on any atom is -0.333 e. The van der Waals surface area contributed by atoms with Gasteiger partial charge in [0.25, 0.3) is 0 Å². The average molecular weight is 234 g/mol. The van der Waals surface area contributed by atoms with Gasteiger partial charge in [-0.15, -0.1) is 0 Å². The van der Waals surface area contributed by atoms with Gasteiger partial charge in [0, 0.05) is 6.54 Å². The molecule has 1 aliphatic rings. The largest absolute Gasteiger partial charge is 0.333 e. The maximum Gasteiger partial charge on any atom is 0.0233 e. The van der Waals surface area contributed by atoms with Gasteiger partial charge in [0.2, 0.25) is 0 Å². The van der Waals surface area contributed by atoms with Crippen molar-refractivity contribution in [2.75, 3.05) is 20.1 Å². The molecule has 96 valence electrons. The summed E-state index contributed by atoms with van der Waals surface area (Å²) in [5.41, 5.74) is 7.34. The number of aryl methyl sites for hydroxylation is 1. The van der Waals surface area contributed by atoms with E-state index in [4.69, 9.17) is 0 Å². The van der Waals surface area contributed by atoms with E-state index in [9.17, 15) is 0 Å². The second-order valence-corrected chi connectivity index (χ2v) is 4.95. The van der Waals surface area contributed by atoms with Crippen molar-refractivity contribution in [2.24, 2.45) is 11.7 Å². The van der Waals surface area contributed by atoms with E-state index < -0.39 is 0 Å². The second kappa shape index (κ2) is 7.46. The molecule has 2 rings (SSSR count). The molecule has 1 aromatic carbocycles. The standard InChI is InChI=1S/C14H21N.CH5N/c1-12-6-8-15(9-7-12)11-14-5-3-4-13(2)10-14;1-2/h3-5,10,12H,6-9,11H2,1-2H3;2H2,1H3. The summed E-state index contributed by atoms with van der Waals surface area (Å²) in [6, 6.07) is 8.88. The number of hydrogen-bond acceptors (Lipinski definition) is 2. The molecule has 0 aliphatic carbocycles. The predicted octanol–water partition coefficient (Wildman–Crippen LogP) is 2.80. The molecule has 0 atom stereocenters. The van der Waals surface area contributed by atoms with Gasteiger partial charge in [0.15, 0.2) is 0 Å². The van der Waals surface area contributed by atoms with Crippen molar-refractivity contribution < 1.29 is 0 Å². The molecular weight excluding hydrogens is 208 g/mol. The van der Waals surface area contributed by atoms with E-state index in [2.05, 4.69) is 48.7 Å². The zero-order chi connectivity index (χ0) is 12.7. The van der Waals surface area contributed by atoms with Crippen molar-refractivity contribution in [3.05, 3.63) is 35.4 Å². The summed E-state index contributed by atoms with van der Waals surface area (Å²) in [5, 5.41) is 0. The fraction of sp³-hybridized carbons (Fsp3) is 0.600. The summed E-state index contributed by atoms with van der Waals surface area (Å²) >= 11 is 0. The highest BCUT2D eigenvalue weighted by Crippen LogP contribution is 2.18. The van der Waals surface area contributed by atoms with Crippen molar-refractivity contribution in [2.45, 2.75) is 33.2 Å². The highest BCUT2D eigenvalue weighted by molar-refractivity contribution is 5.22. The van der Waals surface area contributed by atoms with Gasteiger partial charge in [-0.05, 0) is 51.4 Å². The van der Waals surface area contributed by atoms with Gasteiger partial charge < -0.3 is 5.73 Å². The maximum absolute atomic E-state index is 4.50. The number of nitrogens with two attached hydrogens (primary N) is 1. The molecule has 0 radical (unpaired) electrons. The first kappa shape index (κ1) is 14.2. The Balaban J connectivity index is 0.000000686. The zero-order valence-corrected chi connectivity index (χ0v) is 11.4. The lowest BCUT2D eigenvalue weighted by Crippen LogP contribution is -2.32. The Labute approximate surface area is 106 Å². The van der Waals surface area contributed by atoms with E-state index in [1.165, 1.54) is 44.1 Å². The van der Waals surface area contributed by atoms with E-state index in [0.29, 0.717) is 0 Å². The van der Waals surface area contributed by atoms with Crippen LogP contribution in [0.15, 0.2) is 24.3 Å². The number of nitrogens with zero attached hydrogens (tertiary/aromatic N) is 1. The topological polar surface area (TPSA) is 29.3 Å². The molecule has 0 unspecified atom stereocenters. The highest BCUT2D eigenvalue weighted by Gasteiger charge is 2.15. The van der Waals surface area contributed by atoms with Gasteiger partial charge in [-0.3, -0.25) is 4.90 Å². The lowest BCUT2D eigenvalue weighted by atomic mass is 9.99. The minimum atomic E-state index is 0.929. The van der Waals surface area contributed by atoms with E-state index in [1.807, 2.05) is 0 Å². The Morgan fingerprint density at radius 2 is 1.88 bits per heavy atom. The molecule has 17 heavy (non-hydrogen) atoms. The van der Waals surface area contributed by atoms with Crippen LogP contribution in [0.1, 0.15) is 30.9 Å². The Bertz CT molecular complexity index is 314. The lowest BCUT2D eigenvalue weighted by Gasteiger charge is -2.30. The fourth-order valence-corrected chi connectivity index (χ4v) is 2.29. The summed E-state index contributed by atoms with van der Waals surface area (Å²) < 4.78 is 0. The number of piperidine rings is 1. The van der Waals surface area contributed by atoms with E-state index in [1.54, 1.807) is 0 Å². The van der Waals surface area contributed by atoms with E-state index in [0.717, 1.165) is 12.5 Å². The first-order valence-electron chi connectivity index (χ1n) is 6.59. The molecule has 2 nitrogen and oxygen atoms in total. The fourth-order valence-electron chi connectivity index (χ4n) is 2.29. The Morgan fingerprint density at radius 3 is 2.47 bits per heavy atom. The van der Waals surface area contributed by atoms with Gasteiger partial charge in [0.05, 0.1) is 0 Å². The van der Waals surface area contributed by atoms with Crippen molar-refractivity contribution in [3.8, 4) is 0 Å². The van der Waals surface area contributed by atoms with Crippen LogP contribution in [0, 0.1) is 12.8 Å². The number of benzene rings is 1. The van der Waals surface area contributed by atoms with Crippen LogP contribution in [0.2, 0.25) is 0 Å². The number of likely N-dealkylation sites (tertiary alicyclic amines) is 1. The predicted molar refractivity (Wildman–Crippen MR) is 75.0 cm³/mol. The van der Waals surface area contributed by atoms with Gasteiger partial charge in [0.1, 0.15) is 0 Å². The molecule has 0 spiro atoms. The molecule has 1 saturated heterocycles. The molecular formula is C15H26N2. The molecule has 0 amide bonds. The van der Waals surface area contributed by atoms with Crippen molar-refractivity contribution in [1.29, 1.82) is 0 Å². The molecule has 1 aromatic rings. The van der Waals surface area contributed by atoms with Gasteiger partial charge in [-0.2, -0.15) is 0 Å². The molecule has 0 saturated carbocycles. The quantitative estimate of drug-likeness (QED) is 0.852. The summed E-state index contributed by atoms with van der Waals surface area (Å²) in [6.45, 7) is 8.21. The monoisotopic (exact) mass is 234 g/mol. The van der Waals surface area contributed by atoms with Crippen LogP contribution < -0.4 is 5.73 Å². The Kier molecular flexibility index (Phi) is 6.23. The minimum absolute atomic E-state index is 0.929. The third-order valence-corrected chi connectivity index (χ3v) is 3.36. The molecule has 0 aromatic heterocycles. The normalized spacial score (nSPS) is 17.4. The molecule has 1 heterocycles. The van der Waals surface area contributed by atoms with Crippen LogP contribution >= 0.6 is 0 Å². The van der Waals surface area contributed by atoms with E-state index >= 15 is 0 Å². The van der Waals surface area contributed by atoms with Crippen molar-refractivity contribution in [1.82, 2.24) is 4.90 Å². The summed E-state index contributed by atoms with van der Waals surface area (Å²) in [7, 11) is 1.50. The van der Waals surface area contributed by atoms with Crippen LogP contribution in [0.4, 0.5) is 0 Å². The first-order valence-corrected chi connectivity index (χ1v) is 6.59. The second-order valence-electron chi connectivity index (χ2n) is 4.95. The third kappa shape index (κ3) is 4.88. The van der Waals surface area contributed by atoms with Crippen LogP contribution in [-0.4, -0.2) is 25.0 Å². The zero-order valence-electron chi connectivity index (χ0n) is 11.4. The summed E-state index contributed by atoms with van der Waals surface area (Å²) in [5.74, 6) is 0.929. The molecule has 1 aliphatic heterocycles. The van der Waals surface area contributed by atoms with Gasteiger partial charge >= 0.3 is 0 Å². The van der Waals surface area contributed by atoms with Gasteiger partial charge in [-0.1, -0.05) is 36.8 Å². The van der Waals surface area contributed by atoms with Crippen LogP contribution in [-0.2, 0) is 6.54 Å². The smallest absolute Gasteiger partial charge is 0.0233 e. The SMILES string of the molecule is CN.Cc1cccc(CN2CCC(C)CC2)c1. The lowest BCUT2D eigenvalue weighted by molar-refractivity contribution is 0.185. The molecule has 0 bridgehead atoms. The first-order chi connectivity index (χ1) is 8.24. The maximum atomic E-state index is 4.50. The van der Waals surface area contributed by atoms with Crippen LogP contribution in [0.5, 0.6) is 0 Å². The number of rotatable bonds is 2. The van der Waals surface area contributed by atoms with Crippen LogP contribution in [0.3, 0.4) is 0 Å². The number of hydrogen-bond donors (Lipinski definition) is 1. The average Bonchev–Trinajstić information content (AvgIpc) is 2.35. The summed E-state index contributed by atoms with van der Waals surface area (Å²) in [4.78, 5) is 2.58. The van der Waals surface area contributed by atoms with Crippen molar-refractivity contribution >= 4 is 0 Å². The third-order valence-electron chi connectivity index (χ3n) is 3.36. The van der Waals surface area contributed by atoms with Gasteiger partial charge in [-0.25, -0.2) is 0 Å². The van der Waals surface area contributed by atoms with E-state index in [-0.39, 0.29) is 0 Å². The molecule has 1 fully saturated rings. The molecule has 2 heteroatoms. The highest BCUT2D eigenvalue weighted by atomic mass is 15.1. The van der Waals surface area contributed by atoms with Crippen LogP contribution in [0.25, 0.3) is 0 Å². The summed E-state index contributed by atoms with van der Waals surface area (Å²) in [6.07, 6.45) is 2.73. The van der Waals surface area contributed by atoms with Crippen molar-refractivity contribution in [3.63, 3.8) is 0 Å². The Hall–Kier alpha value is -0.860. The molecule has 2 N–H and O–H groups in total. The Morgan fingerprint density at radius 1 is 1.24 bits per heavy atom.